The number of amides is 1. The van der Waals surface area contributed by atoms with E-state index in [9.17, 15) is 4.79 Å². The Hall–Kier alpha value is -2.08. The van der Waals surface area contributed by atoms with Crippen LogP contribution >= 0.6 is 35.6 Å². The summed E-state index contributed by atoms with van der Waals surface area (Å²) in [6, 6.07) is 15.3. The van der Waals surface area contributed by atoms with Gasteiger partial charge in [0.15, 0.2) is 0 Å². The lowest BCUT2D eigenvalue weighted by molar-refractivity contribution is -0.122. The second-order valence-corrected chi connectivity index (χ2v) is 7.99. The van der Waals surface area contributed by atoms with E-state index in [2.05, 4.69) is 0 Å². The molecule has 130 valence electrons. The fourth-order valence-corrected chi connectivity index (χ4v) is 4.28. The van der Waals surface area contributed by atoms with E-state index in [1.165, 1.54) is 11.8 Å². The number of carbonyl (C=O) groups is 1. The van der Waals surface area contributed by atoms with E-state index in [4.69, 9.17) is 28.6 Å². The molecule has 26 heavy (non-hydrogen) atoms. The monoisotopic (exact) mass is 399 g/mol. The number of halogens is 1. The third kappa shape index (κ3) is 3.43. The van der Waals surface area contributed by atoms with Gasteiger partial charge in [-0.2, -0.15) is 0 Å². The van der Waals surface area contributed by atoms with E-state index in [1.54, 1.807) is 4.90 Å². The highest BCUT2D eigenvalue weighted by molar-refractivity contribution is 8.26. The summed E-state index contributed by atoms with van der Waals surface area (Å²) in [7, 11) is 0. The highest BCUT2D eigenvalue weighted by Crippen LogP contribution is 2.35. The van der Waals surface area contributed by atoms with Gasteiger partial charge in [-0.05, 0) is 35.4 Å². The maximum absolute atomic E-state index is 12.8. The Morgan fingerprint density at radius 1 is 1.19 bits per heavy atom. The molecular formula is C20H14ClNO2S2. The molecule has 2 aromatic carbocycles. The highest BCUT2D eigenvalue weighted by Gasteiger charge is 2.32. The van der Waals surface area contributed by atoms with Crippen LogP contribution in [0.1, 0.15) is 11.1 Å². The van der Waals surface area contributed by atoms with Gasteiger partial charge in [-0.1, -0.05) is 72.0 Å². The third-order valence-electron chi connectivity index (χ3n) is 4.13. The summed E-state index contributed by atoms with van der Waals surface area (Å²) in [5, 5.41) is 0.630. The maximum atomic E-state index is 12.8. The van der Waals surface area contributed by atoms with Gasteiger partial charge >= 0.3 is 0 Å². The van der Waals surface area contributed by atoms with Crippen LogP contribution in [0.15, 0.2) is 65.1 Å². The average Bonchev–Trinajstić information content (AvgIpc) is 2.91. The number of hydrogen-bond donors (Lipinski definition) is 0. The number of fused-ring (bicyclic) bond motifs is 1. The van der Waals surface area contributed by atoms with Crippen LogP contribution in [0.3, 0.4) is 0 Å². The Kier molecular flexibility index (Phi) is 4.85. The van der Waals surface area contributed by atoms with Crippen molar-refractivity contribution in [1.29, 1.82) is 0 Å². The lowest BCUT2D eigenvalue weighted by Crippen LogP contribution is -2.27. The summed E-state index contributed by atoms with van der Waals surface area (Å²) < 4.78 is 6.29. The predicted octanol–water partition coefficient (Wildman–Crippen LogP) is 5.06. The van der Waals surface area contributed by atoms with Crippen LogP contribution in [0, 0.1) is 0 Å². The van der Waals surface area contributed by atoms with E-state index in [0.29, 0.717) is 27.4 Å². The van der Waals surface area contributed by atoms with Crippen LogP contribution in [-0.2, 0) is 11.3 Å². The van der Waals surface area contributed by atoms with Gasteiger partial charge in [-0.25, -0.2) is 0 Å². The standard InChI is InChI=1S/C20H14ClNO2S2/c21-16-7-3-1-6-15(16)11-22-19(23)18(26-20(22)25)10-13-9-14-5-2-4-8-17(14)24-12-13/h1-10H,11-12H2/b18-10-. The van der Waals surface area contributed by atoms with Crippen LogP contribution in [0.2, 0.25) is 5.02 Å². The van der Waals surface area contributed by atoms with Crippen LogP contribution in [0.5, 0.6) is 5.75 Å². The van der Waals surface area contributed by atoms with Crippen molar-refractivity contribution in [3.63, 3.8) is 0 Å². The minimum absolute atomic E-state index is 0.0975. The van der Waals surface area contributed by atoms with Gasteiger partial charge in [0, 0.05) is 10.6 Å². The SMILES string of the molecule is O=C1/C(=C/C2=Cc3ccccc3OC2)SC(=S)N1Cc1ccccc1Cl. The zero-order valence-corrected chi connectivity index (χ0v) is 16.0. The average molecular weight is 400 g/mol. The van der Waals surface area contributed by atoms with Crippen LogP contribution in [-0.4, -0.2) is 21.7 Å². The van der Waals surface area contributed by atoms with Gasteiger partial charge in [0.25, 0.3) is 5.91 Å². The van der Waals surface area contributed by atoms with Crippen LogP contribution < -0.4 is 4.74 Å². The van der Waals surface area contributed by atoms with Gasteiger partial charge in [0.1, 0.15) is 16.7 Å². The summed E-state index contributed by atoms with van der Waals surface area (Å²) in [6.45, 7) is 0.811. The van der Waals surface area contributed by atoms with Crippen molar-refractivity contribution in [1.82, 2.24) is 4.90 Å². The number of benzene rings is 2. The first-order chi connectivity index (χ1) is 12.6. The fraction of sp³-hybridized carbons (Fsp3) is 0.100. The van der Waals surface area contributed by atoms with Crippen molar-refractivity contribution < 1.29 is 9.53 Å². The zero-order valence-electron chi connectivity index (χ0n) is 13.6. The van der Waals surface area contributed by atoms with Crippen molar-refractivity contribution in [3.8, 4) is 5.75 Å². The molecule has 0 unspecified atom stereocenters. The molecular weight excluding hydrogens is 386 g/mol. The molecule has 2 aliphatic heterocycles. The first kappa shape index (κ1) is 17.3. The first-order valence-electron chi connectivity index (χ1n) is 8.03. The minimum atomic E-state index is -0.0975. The molecule has 2 aromatic rings. The zero-order chi connectivity index (χ0) is 18.1. The molecule has 6 heteroatoms. The summed E-state index contributed by atoms with van der Waals surface area (Å²) >= 11 is 12.9. The molecule has 0 aliphatic carbocycles. The van der Waals surface area contributed by atoms with Gasteiger partial charge in [0.2, 0.25) is 0 Å². The van der Waals surface area contributed by atoms with Crippen molar-refractivity contribution >= 4 is 51.9 Å². The number of rotatable bonds is 3. The second kappa shape index (κ2) is 7.27. The highest BCUT2D eigenvalue weighted by atomic mass is 35.5. The predicted molar refractivity (Wildman–Crippen MR) is 110 cm³/mol. The number of nitrogens with zero attached hydrogens (tertiary/aromatic N) is 1. The summed E-state index contributed by atoms with van der Waals surface area (Å²) in [5.41, 5.74) is 2.83. The van der Waals surface area contributed by atoms with Gasteiger partial charge in [-0.3, -0.25) is 9.69 Å². The molecule has 0 bridgehead atoms. The molecule has 1 fully saturated rings. The van der Waals surface area contributed by atoms with Gasteiger partial charge < -0.3 is 4.74 Å². The number of thioether (sulfide) groups is 1. The third-order valence-corrected chi connectivity index (χ3v) is 5.88. The van der Waals surface area contributed by atoms with Gasteiger partial charge in [-0.15, -0.1) is 0 Å². The Morgan fingerprint density at radius 2 is 1.96 bits per heavy atom. The van der Waals surface area contributed by atoms with E-state index >= 15 is 0 Å². The van der Waals surface area contributed by atoms with Crippen molar-refractivity contribution in [2.45, 2.75) is 6.54 Å². The Balaban J connectivity index is 1.57. The largest absolute Gasteiger partial charge is 0.488 e. The topological polar surface area (TPSA) is 29.5 Å². The molecule has 2 aliphatic rings. The molecule has 0 saturated carbocycles. The molecule has 0 aromatic heterocycles. The Bertz CT molecular complexity index is 968. The molecule has 0 N–H and O–H groups in total. The van der Waals surface area contributed by atoms with Crippen molar-refractivity contribution in [2.75, 3.05) is 6.61 Å². The lowest BCUT2D eigenvalue weighted by Gasteiger charge is -2.16. The fourth-order valence-electron chi connectivity index (χ4n) is 2.82. The minimum Gasteiger partial charge on any atom is -0.488 e. The van der Waals surface area contributed by atoms with Crippen LogP contribution in [0.25, 0.3) is 6.08 Å². The molecule has 1 saturated heterocycles. The quantitative estimate of drug-likeness (QED) is 0.533. The number of hydrogen-bond acceptors (Lipinski definition) is 4. The first-order valence-corrected chi connectivity index (χ1v) is 9.63. The van der Waals surface area contributed by atoms with E-state index in [1.807, 2.05) is 60.7 Å². The molecule has 1 amide bonds. The smallest absolute Gasteiger partial charge is 0.266 e. The van der Waals surface area contributed by atoms with Crippen molar-refractivity contribution in [3.05, 3.63) is 81.2 Å². The number of para-hydroxylation sites is 1. The molecule has 3 nitrogen and oxygen atoms in total. The number of carbonyl (C=O) groups excluding carboxylic acids is 1. The molecule has 2 heterocycles. The van der Waals surface area contributed by atoms with Crippen molar-refractivity contribution in [2.24, 2.45) is 0 Å². The van der Waals surface area contributed by atoms with E-state index < -0.39 is 0 Å². The lowest BCUT2D eigenvalue weighted by atomic mass is 10.1. The van der Waals surface area contributed by atoms with Gasteiger partial charge in [0.05, 0.1) is 11.4 Å². The normalized spacial score (nSPS) is 18.0. The molecule has 0 radical (unpaired) electrons. The number of ether oxygens (including phenoxy) is 1. The second-order valence-electron chi connectivity index (χ2n) is 5.91. The molecule has 0 atom stereocenters. The molecule has 4 rings (SSSR count). The van der Waals surface area contributed by atoms with E-state index in [-0.39, 0.29) is 5.91 Å². The summed E-state index contributed by atoms with van der Waals surface area (Å²) in [5.74, 6) is 0.760. The number of thiocarbonyl (C=S) groups is 1. The Morgan fingerprint density at radius 3 is 2.81 bits per heavy atom. The van der Waals surface area contributed by atoms with Crippen LogP contribution in [0.4, 0.5) is 0 Å². The summed E-state index contributed by atoms with van der Waals surface area (Å²) in [4.78, 5) is 15.0. The summed E-state index contributed by atoms with van der Waals surface area (Å²) in [6.07, 6.45) is 3.90. The van der Waals surface area contributed by atoms with E-state index in [0.717, 1.165) is 22.4 Å². The molecule has 0 spiro atoms. The maximum Gasteiger partial charge on any atom is 0.266 e. The Labute approximate surface area is 166 Å².